The lowest BCUT2D eigenvalue weighted by Gasteiger charge is -2.34. The van der Waals surface area contributed by atoms with Gasteiger partial charge in [0.1, 0.15) is 0 Å². The van der Waals surface area contributed by atoms with Crippen molar-refractivity contribution in [2.24, 2.45) is 0 Å². The average Bonchev–Trinajstić information content (AvgIpc) is 3.12. The van der Waals surface area contributed by atoms with Crippen molar-refractivity contribution in [2.45, 2.75) is 220 Å². The van der Waals surface area contributed by atoms with Crippen LogP contribution in [0.3, 0.4) is 0 Å². The Balaban J connectivity index is 5.43. The normalized spacial score (nSPS) is 12.4. The van der Waals surface area contributed by atoms with Crippen molar-refractivity contribution < 1.29 is 28.4 Å². The van der Waals surface area contributed by atoms with Crippen LogP contribution in [0.5, 0.6) is 0 Å². The van der Waals surface area contributed by atoms with Gasteiger partial charge in [-0.05, 0) is 38.5 Å². The Morgan fingerprint density at radius 3 is 0.660 bits per heavy atom. The summed E-state index contributed by atoms with van der Waals surface area (Å²) in [5.41, 5.74) is 0. The van der Waals surface area contributed by atoms with Crippen LogP contribution in [0, 0.1) is 0 Å². The van der Waals surface area contributed by atoms with Gasteiger partial charge in [0.25, 0.3) is 11.9 Å². The molecule has 0 bridgehead atoms. The van der Waals surface area contributed by atoms with Crippen LogP contribution in [0.2, 0.25) is 0 Å². The molecule has 0 heterocycles. The van der Waals surface area contributed by atoms with Crippen LogP contribution < -0.4 is 0 Å². The Morgan fingerprint density at radius 1 is 0.280 bits per heavy atom. The monoisotopic (exact) mass is 751 g/mol. The van der Waals surface area contributed by atoms with Gasteiger partial charge in [-0.25, -0.2) is 0 Å². The van der Waals surface area contributed by atoms with Gasteiger partial charge in [-0.1, -0.05) is 179 Å². The fourth-order valence-corrected chi connectivity index (χ4v) is 7.78. The standard InChI is InChI=1S/C42H86O6S2/c1-7-13-19-25-33-43-41(44-34-26-20-14-8-2,45-35-27-21-15-9-3)31-39-49-50-40-32-42(46-36-28-22-16-10-4,47-37-29-23-17-11-5)48-38-30-24-18-12-6/h7-40H2,1-6H3. The molecule has 0 unspecified atom stereocenters. The molecule has 0 fully saturated rings. The predicted octanol–water partition coefficient (Wildman–Crippen LogP) is 14.0. The first-order chi connectivity index (χ1) is 24.6. The number of hydrogen-bond acceptors (Lipinski definition) is 8. The van der Waals surface area contributed by atoms with E-state index in [9.17, 15) is 0 Å². The minimum absolute atomic E-state index is 0.686. The number of rotatable bonds is 43. The van der Waals surface area contributed by atoms with Gasteiger partial charge in [-0.15, -0.1) is 0 Å². The molecule has 6 nitrogen and oxygen atoms in total. The zero-order valence-electron chi connectivity index (χ0n) is 34.3. The Hall–Kier alpha value is 0.460. The summed E-state index contributed by atoms with van der Waals surface area (Å²) < 4.78 is 39.2. The lowest BCUT2D eigenvalue weighted by Crippen LogP contribution is -2.41. The van der Waals surface area contributed by atoms with E-state index in [1.54, 1.807) is 0 Å². The van der Waals surface area contributed by atoms with Crippen LogP contribution in [0.25, 0.3) is 0 Å². The molecular weight excluding hydrogens is 665 g/mol. The summed E-state index contributed by atoms with van der Waals surface area (Å²) in [6.07, 6.45) is 29.7. The molecule has 0 N–H and O–H groups in total. The van der Waals surface area contributed by atoms with Crippen molar-refractivity contribution in [2.75, 3.05) is 51.1 Å². The molecule has 0 aliphatic heterocycles. The summed E-state index contributed by atoms with van der Waals surface area (Å²) in [6.45, 7) is 17.6. The molecule has 0 aromatic rings. The SMILES string of the molecule is CCCCCCOC(CCSSCCC(OCCCCCC)(OCCCCCC)OCCCCCC)(OCCCCCC)OCCCCCC. The third-order valence-electron chi connectivity index (χ3n) is 8.99. The maximum atomic E-state index is 6.54. The highest BCUT2D eigenvalue weighted by atomic mass is 33.1. The summed E-state index contributed by atoms with van der Waals surface area (Å²) in [5.74, 6) is -0.117. The van der Waals surface area contributed by atoms with Gasteiger partial charge in [0.05, 0.1) is 39.6 Å². The Kier molecular flexibility index (Phi) is 39.5. The maximum Gasteiger partial charge on any atom is 0.283 e. The molecule has 0 aromatic carbocycles. The topological polar surface area (TPSA) is 55.4 Å². The fourth-order valence-electron chi connectivity index (χ4n) is 5.67. The molecule has 0 radical (unpaired) electrons. The first-order valence-corrected chi connectivity index (χ1v) is 24.1. The van der Waals surface area contributed by atoms with Crippen molar-refractivity contribution in [1.29, 1.82) is 0 Å². The van der Waals surface area contributed by atoms with Crippen LogP contribution in [0.4, 0.5) is 0 Å². The van der Waals surface area contributed by atoms with E-state index < -0.39 is 11.9 Å². The summed E-state index contributed by atoms with van der Waals surface area (Å²) in [6, 6.07) is 0. The van der Waals surface area contributed by atoms with Gasteiger partial charge in [0.2, 0.25) is 0 Å². The van der Waals surface area contributed by atoms with E-state index in [0.29, 0.717) is 39.6 Å². The van der Waals surface area contributed by atoms with Gasteiger partial charge < -0.3 is 28.4 Å². The maximum absolute atomic E-state index is 6.54. The second-order valence-electron chi connectivity index (χ2n) is 14.0. The lowest BCUT2D eigenvalue weighted by molar-refractivity contribution is -0.382. The van der Waals surface area contributed by atoms with Crippen molar-refractivity contribution in [3.63, 3.8) is 0 Å². The molecular formula is C42H86O6S2. The van der Waals surface area contributed by atoms with E-state index in [1.165, 1.54) is 116 Å². The summed E-state index contributed by atoms with van der Waals surface area (Å²) in [4.78, 5) is 0. The molecule has 0 aliphatic carbocycles. The minimum atomic E-state index is -0.952. The largest absolute Gasteiger partial charge is 0.327 e. The molecule has 0 atom stereocenters. The van der Waals surface area contributed by atoms with Crippen LogP contribution in [-0.4, -0.2) is 63.1 Å². The number of hydrogen-bond donors (Lipinski definition) is 0. The van der Waals surface area contributed by atoms with Crippen molar-refractivity contribution >= 4 is 21.6 Å². The van der Waals surface area contributed by atoms with Gasteiger partial charge in [-0.3, -0.25) is 0 Å². The molecule has 8 heteroatoms. The molecule has 0 amide bonds. The molecule has 0 saturated heterocycles. The summed E-state index contributed by atoms with van der Waals surface area (Å²) in [5, 5.41) is 0. The highest BCUT2D eigenvalue weighted by Crippen LogP contribution is 2.33. The minimum Gasteiger partial charge on any atom is -0.327 e. The number of unbranched alkanes of at least 4 members (excludes halogenated alkanes) is 18. The van der Waals surface area contributed by atoms with E-state index in [-0.39, 0.29) is 0 Å². The molecule has 50 heavy (non-hydrogen) atoms. The van der Waals surface area contributed by atoms with Crippen molar-refractivity contribution in [3.8, 4) is 0 Å². The second-order valence-corrected chi connectivity index (χ2v) is 16.7. The van der Waals surface area contributed by atoms with E-state index in [2.05, 4.69) is 41.5 Å². The molecule has 0 aliphatic rings. The lowest BCUT2D eigenvalue weighted by atomic mass is 10.2. The van der Waals surface area contributed by atoms with Gasteiger partial charge >= 0.3 is 0 Å². The van der Waals surface area contributed by atoms with Crippen LogP contribution in [0.15, 0.2) is 0 Å². The molecule has 0 spiro atoms. The van der Waals surface area contributed by atoms with E-state index in [1.807, 2.05) is 21.6 Å². The highest BCUT2D eigenvalue weighted by Gasteiger charge is 2.35. The van der Waals surface area contributed by atoms with Crippen molar-refractivity contribution in [3.05, 3.63) is 0 Å². The third-order valence-corrected chi connectivity index (χ3v) is 11.4. The van der Waals surface area contributed by atoms with Gasteiger partial charge in [0.15, 0.2) is 0 Å². The third kappa shape index (κ3) is 30.9. The predicted molar refractivity (Wildman–Crippen MR) is 220 cm³/mol. The zero-order valence-corrected chi connectivity index (χ0v) is 35.9. The smallest absolute Gasteiger partial charge is 0.283 e. The van der Waals surface area contributed by atoms with E-state index >= 15 is 0 Å². The van der Waals surface area contributed by atoms with Crippen molar-refractivity contribution in [1.82, 2.24) is 0 Å². The molecule has 302 valence electrons. The van der Waals surface area contributed by atoms with Gasteiger partial charge in [-0.2, -0.15) is 0 Å². The van der Waals surface area contributed by atoms with E-state index in [4.69, 9.17) is 28.4 Å². The van der Waals surface area contributed by atoms with Crippen LogP contribution in [-0.2, 0) is 28.4 Å². The zero-order chi connectivity index (χ0) is 36.7. The first-order valence-electron chi connectivity index (χ1n) is 21.7. The van der Waals surface area contributed by atoms with E-state index in [0.717, 1.165) is 62.9 Å². The molecule has 0 saturated carbocycles. The van der Waals surface area contributed by atoms with Gasteiger partial charge in [0, 0.05) is 24.3 Å². The highest BCUT2D eigenvalue weighted by molar-refractivity contribution is 8.76. The average molecular weight is 751 g/mol. The first kappa shape index (κ1) is 50.5. The fraction of sp³-hybridized carbons (Fsp3) is 1.00. The summed E-state index contributed by atoms with van der Waals surface area (Å²) in [7, 11) is 3.76. The Bertz CT molecular complexity index is 530. The second kappa shape index (κ2) is 39.2. The molecule has 0 rings (SSSR count). The molecule has 0 aromatic heterocycles. The quantitative estimate of drug-likeness (QED) is 0.0347. The Labute approximate surface area is 320 Å². The van der Waals surface area contributed by atoms with Crippen LogP contribution >= 0.6 is 21.6 Å². The van der Waals surface area contributed by atoms with Crippen LogP contribution in [0.1, 0.15) is 208 Å². The Morgan fingerprint density at radius 2 is 0.480 bits per heavy atom. The summed E-state index contributed by atoms with van der Waals surface area (Å²) >= 11 is 0. The number of ether oxygens (including phenoxy) is 6.